The first-order chi connectivity index (χ1) is 18.5. The fourth-order valence-electron chi connectivity index (χ4n) is 4.76. The molecule has 1 atom stereocenters. The molecule has 0 spiro atoms. The van der Waals surface area contributed by atoms with Crippen molar-refractivity contribution < 1.29 is 23.9 Å². The number of carbonyl (C=O) groups excluding carboxylic acids is 3. The van der Waals surface area contributed by atoms with Gasteiger partial charge in [0.15, 0.2) is 6.61 Å². The lowest BCUT2D eigenvalue weighted by atomic mass is 10.1. The first-order valence-corrected chi connectivity index (χ1v) is 14.8. The van der Waals surface area contributed by atoms with Crippen LogP contribution in [0.1, 0.15) is 77.6 Å². The standard InChI is InChI=1S/C30H41BrN2O5/c1-2-3-4-5-6-7-8-9-10-13-20-37-28(35)21-25-30(36)32-18-19-33(25)27(34)22-38-26-17-16-23-14-11-12-15-24(23)29(26)31/h11-12,14-17,25H,2-10,13,18-22H2,1H3,(H,32,36). The Kier molecular flexibility index (Phi) is 12.9. The molecular weight excluding hydrogens is 548 g/mol. The molecule has 2 aromatic carbocycles. The van der Waals surface area contributed by atoms with Crippen LogP contribution in [0.5, 0.6) is 5.75 Å². The van der Waals surface area contributed by atoms with Gasteiger partial charge >= 0.3 is 5.97 Å². The largest absolute Gasteiger partial charge is 0.483 e. The summed E-state index contributed by atoms with van der Waals surface area (Å²) in [4.78, 5) is 39.4. The fraction of sp³-hybridized carbons (Fsp3) is 0.567. The molecule has 0 aromatic heterocycles. The van der Waals surface area contributed by atoms with Gasteiger partial charge in [-0.15, -0.1) is 0 Å². The van der Waals surface area contributed by atoms with Gasteiger partial charge in [0.25, 0.3) is 5.91 Å². The molecule has 0 saturated carbocycles. The minimum Gasteiger partial charge on any atom is -0.483 e. The average Bonchev–Trinajstić information content (AvgIpc) is 2.92. The number of halogens is 1. The predicted octanol–water partition coefficient (Wildman–Crippen LogP) is 6.16. The number of hydrogen-bond donors (Lipinski definition) is 1. The molecule has 1 saturated heterocycles. The molecule has 1 heterocycles. The van der Waals surface area contributed by atoms with E-state index in [9.17, 15) is 14.4 Å². The summed E-state index contributed by atoms with van der Waals surface area (Å²) in [5.74, 6) is -0.593. The van der Waals surface area contributed by atoms with Crippen molar-refractivity contribution in [2.24, 2.45) is 0 Å². The molecular formula is C30H41BrN2O5. The SMILES string of the molecule is CCCCCCCCCCCCOC(=O)CC1C(=O)NCCN1C(=O)COc1ccc2ccccc2c1Br. The molecule has 0 radical (unpaired) electrons. The van der Waals surface area contributed by atoms with Crippen LogP contribution in [0.15, 0.2) is 40.9 Å². The third-order valence-corrected chi connectivity index (χ3v) is 7.77. The Labute approximate surface area is 234 Å². The van der Waals surface area contributed by atoms with Gasteiger partial charge in [-0.05, 0) is 39.2 Å². The normalized spacial score (nSPS) is 15.4. The molecule has 1 aliphatic rings. The van der Waals surface area contributed by atoms with Gasteiger partial charge in [0.05, 0.1) is 17.5 Å². The van der Waals surface area contributed by atoms with E-state index in [1.54, 1.807) is 0 Å². The number of nitrogens with zero attached hydrogens (tertiary/aromatic N) is 1. The van der Waals surface area contributed by atoms with Gasteiger partial charge in [-0.1, -0.05) is 95.0 Å². The van der Waals surface area contributed by atoms with Crippen LogP contribution in [0.3, 0.4) is 0 Å². The Hall–Kier alpha value is -2.61. The minimum atomic E-state index is -0.889. The lowest BCUT2D eigenvalue weighted by Crippen LogP contribution is -2.58. The number of ether oxygens (including phenoxy) is 2. The second-order valence-electron chi connectivity index (χ2n) is 9.89. The second kappa shape index (κ2) is 16.4. The second-order valence-corrected chi connectivity index (χ2v) is 10.7. The zero-order valence-electron chi connectivity index (χ0n) is 22.5. The number of unbranched alkanes of at least 4 members (excludes halogenated alkanes) is 9. The van der Waals surface area contributed by atoms with Crippen molar-refractivity contribution in [2.45, 2.75) is 83.6 Å². The first-order valence-electron chi connectivity index (χ1n) is 14.0. The van der Waals surface area contributed by atoms with Crippen molar-refractivity contribution in [1.82, 2.24) is 10.2 Å². The van der Waals surface area contributed by atoms with E-state index in [-0.39, 0.29) is 24.8 Å². The number of nitrogens with one attached hydrogen (secondary N) is 1. The molecule has 1 fully saturated rings. The number of benzene rings is 2. The maximum atomic E-state index is 13.0. The molecule has 7 nitrogen and oxygen atoms in total. The summed E-state index contributed by atoms with van der Waals surface area (Å²) >= 11 is 3.57. The average molecular weight is 590 g/mol. The van der Waals surface area contributed by atoms with Crippen molar-refractivity contribution in [3.05, 3.63) is 40.9 Å². The quantitative estimate of drug-likeness (QED) is 0.187. The van der Waals surface area contributed by atoms with Crippen molar-refractivity contribution >= 4 is 44.5 Å². The number of hydrogen-bond acceptors (Lipinski definition) is 5. The lowest BCUT2D eigenvalue weighted by molar-refractivity contribution is -0.152. The fourth-order valence-corrected chi connectivity index (χ4v) is 5.36. The van der Waals surface area contributed by atoms with Gasteiger partial charge < -0.3 is 19.7 Å². The van der Waals surface area contributed by atoms with Crippen molar-refractivity contribution in [3.8, 4) is 5.75 Å². The molecule has 1 aliphatic heterocycles. The van der Waals surface area contributed by atoms with E-state index in [1.807, 2.05) is 36.4 Å². The topological polar surface area (TPSA) is 84.9 Å². The summed E-state index contributed by atoms with van der Waals surface area (Å²) in [5.41, 5.74) is 0. The van der Waals surface area contributed by atoms with Crippen LogP contribution in [-0.4, -0.2) is 55.0 Å². The van der Waals surface area contributed by atoms with Crippen LogP contribution in [0.4, 0.5) is 0 Å². The van der Waals surface area contributed by atoms with Gasteiger partial charge in [-0.25, -0.2) is 0 Å². The molecule has 2 amide bonds. The number of piperazine rings is 1. The predicted molar refractivity (Wildman–Crippen MR) is 153 cm³/mol. The number of amides is 2. The molecule has 208 valence electrons. The zero-order chi connectivity index (χ0) is 27.2. The summed E-state index contributed by atoms with van der Waals surface area (Å²) in [6.07, 6.45) is 11.9. The molecule has 2 aromatic rings. The van der Waals surface area contributed by atoms with E-state index in [0.717, 1.165) is 34.5 Å². The summed E-state index contributed by atoms with van der Waals surface area (Å²) in [5, 5.41) is 4.79. The first kappa shape index (κ1) is 29.9. The number of esters is 1. The summed E-state index contributed by atoms with van der Waals surface area (Å²) < 4.78 is 12.0. The van der Waals surface area contributed by atoms with Crippen LogP contribution in [-0.2, 0) is 19.1 Å². The van der Waals surface area contributed by atoms with Gasteiger partial charge in [-0.3, -0.25) is 14.4 Å². The maximum absolute atomic E-state index is 13.0. The number of rotatable bonds is 16. The lowest BCUT2D eigenvalue weighted by Gasteiger charge is -2.34. The molecule has 8 heteroatoms. The van der Waals surface area contributed by atoms with Crippen LogP contribution in [0.2, 0.25) is 0 Å². The highest BCUT2D eigenvalue weighted by molar-refractivity contribution is 9.10. The Morgan fingerprint density at radius 1 is 0.974 bits per heavy atom. The highest BCUT2D eigenvalue weighted by atomic mass is 79.9. The number of carbonyl (C=O) groups is 3. The Bertz CT molecular complexity index is 1060. The molecule has 0 bridgehead atoms. The van der Waals surface area contributed by atoms with Crippen LogP contribution in [0, 0.1) is 0 Å². The van der Waals surface area contributed by atoms with Gasteiger partial charge in [0.1, 0.15) is 11.8 Å². The highest BCUT2D eigenvalue weighted by Crippen LogP contribution is 2.33. The highest BCUT2D eigenvalue weighted by Gasteiger charge is 2.35. The van der Waals surface area contributed by atoms with Gasteiger partial charge in [-0.2, -0.15) is 0 Å². The minimum absolute atomic E-state index is 0.158. The van der Waals surface area contributed by atoms with Crippen LogP contribution >= 0.6 is 15.9 Å². The van der Waals surface area contributed by atoms with E-state index in [1.165, 1.54) is 49.8 Å². The summed E-state index contributed by atoms with van der Waals surface area (Å²) in [7, 11) is 0. The Morgan fingerprint density at radius 3 is 2.39 bits per heavy atom. The zero-order valence-corrected chi connectivity index (χ0v) is 24.1. The van der Waals surface area contributed by atoms with Crippen molar-refractivity contribution in [2.75, 3.05) is 26.3 Å². The van der Waals surface area contributed by atoms with Gasteiger partial charge in [0.2, 0.25) is 5.91 Å². The molecule has 1 unspecified atom stereocenters. The van der Waals surface area contributed by atoms with E-state index < -0.39 is 12.0 Å². The third-order valence-electron chi connectivity index (χ3n) is 6.95. The van der Waals surface area contributed by atoms with Gasteiger partial charge in [0, 0.05) is 13.1 Å². The summed E-state index contributed by atoms with van der Waals surface area (Å²) in [6, 6.07) is 10.7. The van der Waals surface area contributed by atoms with E-state index in [0.29, 0.717) is 25.4 Å². The third kappa shape index (κ3) is 9.29. The Balaban J connectivity index is 1.39. The smallest absolute Gasteiger partial charge is 0.308 e. The van der Waals surface area contributed by atoms with Crippen LogP contribution in [0.25, 0.3) is 10.8 Å². The van der Waals surface area contributed by atoms with Crippen molar-refractivity contribution in [1.29, 1.82) is 0 Å². The van der Waals surface area contributed by atoms with E-state index in [2.05, 4.69) is 28.2 Å². The van der Waals surface area contributed by atoms with E-state index in [4.69, 9.17) is 9.47 Å². The molecule has 38 heavy (non-hydrogen) atoms. The van der Waals surface area contributed by atoms with Crippen LogP contribution < -0.4 is 10.1 Å². The number of fused-ring (bicyclic) bond motifs is 1. The molecule has 3 rings (SSSR count). The Morgan fingerprint density at radius 2 is 1.66 bits per heavy atom. The monoisotopic (exact) mass is 588 g/mol. The van der Waals surface area contributed by atoms with Crippen molar-refractivity contribution in [3.63, 3.8) is 0 Å². The molecule has 1 N–H and O–H groups in total. The maximum Gasteiger partial charge on any atom is 0.308 e. The molecule has 0 aliphatic carbocycles. The summed E-state index contributed by atoms with van der Waals surface area (Å²) in [6.45, 7) is 3.01. The van der Waals surface area contributed by atoms with E-state index >= 15 is 0 Å².